The highest BCUT2D eigenvalue weighted by Crippen LogP contribution is 2.26. The first-order valence-corrected chi connectivity index (χ1v) is 6.36. The molecule has 0 saturated heterocycles. The second-order valence-electron chi connectivity index (χ2n) is 4.38. The lowest BCUT2D eigenvalue weighted by molar-refractivity contribution is -0.134. The Bertz CT molecular complexity index is 427. The molecule has 0 heterocycles. The molecule has 1 rings (SSSR count). The van der Waals surface area contributed by atoms with E-state index in [1.807, 2.05) is 32.0 Å². The Labute approximate surface area is 112 Å². The van der Waals surface area contributed by atoms with Crippen molar-refractivity contribution < 1.29 is 14.3 Å². The molecule has 1 aromatic rings. The summed E-state index contributed by atoms with van der Waals surface area (Å²) < 4.78 is 5.30. The molecule has 0 unspecified atom stereocenters. The average molecular weight is 269 g/mol. The van der Waals surface area contributed by atoms with E-state index in [-0.39, 0.29) is 18.8 Å². The van der Waals surface area contributed by atoms with Crippen molar-refractivity contribution in [2.75, 3.05) is 0 Å². The monoisotopic (exact) mass is 268 g/mol. The molecule has 3 nitrogen and oxygen atoms in total. The highest BCUT2D eigenvalue weighted by Gasteiger charge is 2.11. The van der Waals surface area contributed by atoms with Gasteiger partial charge >= 0.3 is 5.97 Å². The first-order valence-electron chi connectivity index (χ1n) is 5.98. The van der Waals surface area contributed by atoms with E-state index in [1.54, 1.807) is 6.07 Å². The number of halogens is 1. The smallest absolute Gasteiger partial charge is 0.311 e. The van der Waals surface area contributed by atoms with Gasteiger partial charge in [0.05, 0.1) is 0 Å². The standard InChI is InChI=1S/C14H17ClO3/c1-10(2)11-6-3-4-7-12(11)18-14(17)9-5-8-13(15)16/h3-4,6-7,10H,5,8-9H2,1-2H3. The van der Waals surface area contributed by atoms with Gasteiger partial charge in [-0.2, -0.15) is 0 Å². The summed E-state index contributed by atoms with van der Waals surface area (Å²) >= 11 is 5.20. The number of rotatable bonds is 6. The SMILES string of the molecule is CC(C)c1ccccc1OC(=O)CCCC(=O)Cl. The third-order valence-electron chi connectivity index (χ3n) is 2.52. The van der Waals surface area contributed by atoms with Gasteiger partial charge in [0, 0.05) is 12.8 Å². The Morgan fingerprint density at radius 2 is 1.89 bits per heavy atom. The maximum absolute atomic E-state index is 11.6. The van der Waals surface area contributed by atoms with Crippen LogP contribution in [-0.4, -0.2) is 11.2 Å². The van der Waals surface area contributed by atoms with Crippen LogP contribution in [0.25, 0.3) is 0 Å². The number of carbonyl (C=O) groups excluding carboxylic acids is 2. The lowest BCUT2D eigenvalue weighted by Gasteiger charge is -2.12. The zero-order chi connectivity index (χ0) is 13.5. The fraction of sp³-hybridized carbons (Fsp3) is 0.429. The van der Waals surface area contributed by atoms with Gasteiger partial charge in [0.15, 0.2) is 0 Å². The molecule has 4 heteroatoms. The number of hydrogen-bond donors (Lipinski definition) is 0. The summed E-state index contributed by atoms with van der Waals surface area (Å²) in [5.74, 6) is 0.550. The van der Waals surface area contributed by atoms with E-state index >= 15 is 0 Å². The molecule has 0 aliphatic carbocycles. The average Bonchev–Trinajstić information content (AvgIpc) is 2.28. The highest BCUT2D eigenvalue weighted by atomic mass is 35.5. The number of ether oxygens (including phenoxy) is 1. The molecule has 0 bridgehead atoms. The Morgan fingerprint density at radius 3 is 2.50 bits per heavy atom. The van der Waals surface area contributed by atoms with E-state index in [1.165, 1.54) is 0 Å². The van der Waals surface area contributed by atoms with E-state index in [0.717, 1.165) is 5.56 Å². The summed E-state index contributed by atoms with van der Waals surface area (Å²) in [7, 11) is 0. The highest BCUT2D eigenvalue weighted by molar-refractivity contribution is 6.63. The molecular weight excluding hydrogens is 252 g/mol. The van der Waals surface area contributed by atoms with Crippen molar-refractivity contribution >= 4 is 22.8 Å². The van der Waals surface area contributed by atoms with Crippen molar-refractivity contribution in [2.24, 2.45) is 0 Å². The molecular formula is C14H17ClO3. The molecule has 0 N–H and O–H groups in total. The van der Waals surface area contributed by atoms with Gasteiger partial charge in [-0.05, 0) is 35.6 Å². The van der Waals surface area contributed by atoms with E-state index in [2.05, 4.69) is 0 Å². The van der Waals surface area contributed by atoms with Crippen molar-refractivity contribution in [2.45, 2.75) is 39.0 Å². The third-order valence-corrected chi connectivity index (χ3v) is 2.71. The molecule has 0 aromatic heterocycles. The van der Waals surface area contributed by atoms with Crippen LogP contribution in [0.4, 0.5) is 0 Å². The molecule has 0 aliphatic heterocycles. The van der Waals surface area contributed by atoms with Crippen LogP contribution in [0, 0.1) is 0 Å². The van der Waals surface area contributed by atoms with Crippen LogP contribution in [0.5, 0.6) is 5.75 Å². The number of carbonyl (C=O) groups is 2. The number of para-hydroxylation sites is 1. The van der Waals surface area contributed by atoms with Crippen LogP contribution in [-0.2, 0) is 9.59 Å². The Balaban J connectivity index is 2.56. The maximum atomic E-state index is 11.6. The van der Waals surface area contributed by atoms with Gasteiger partial charge in [-0.25, -0.2) is 0 Å². The van der Waals surface area contributed by atoms with Crippen molar-refractivity contribution in [3.05, 3.63) is 29.8 Å². The molecule has 0 radical (unpaired) electrons. The predicted molar refractivity (Wildman–Crippen MR) is 70.9 cm³/mol. The molecule has 0 spiro atoms. The minimum Gasteiger partial charge on any atom is -0.426 e. The van der Waals surface area contributed by atoms with Gasteiger partial charge < -0.3 is 4.74 Å². The largest absolute Gasteiger partial charge is 0.426 e. The molecule has 0 fully saturated rings. The molecule has 98 valence electrons. The van der Waals surface area contributed by atoms with Crippen molar-refractivity contribution in [1.82, 2.24) is 0 Å². The fourth-order valence-corrected chi connectivity index (χ4v) is 1.73. The zero-order valence-electron chi connectivity index (χ0n) is 10.6. The Morgan fingerprint density at radius 1 is 1.22 bits per heavy atom. The lowest BCUT2D eigenvalue weighted by atomic mass is 10.0. The van der Waals surface area contributed by atoms with Gasteiger partial charge in [-0.3, -0.25) is 9.59 Å². The summed E-state index contributed by atoms with van der Waals surface area (Å²) in [5.41, 5.74) is 0.999. The first kappa shape index (κ1) is 14.7. The first-order chi connectivity index (χ1) is 8.50. The van der Waals surface area contributed by atoms with Gasteiger partial charge in [0.25, 0.3) is 0 Å². The van der Waals surface area contributed by atoms with Gasteiger partial charge in [-0.15, -0.1) is 0 Å². The molecule has 0 amide bonds. The number of benzene rings is 1. The minimum absolute atomic E-state index is 0.197. The van der Waals surface area contributed by atoms with Crippen molar-refractivity contribution in [3.8, 4) is 5.75 Å². The van der Waals surface area contributed by atoms with Gasteiger partial charge in [-0.1, -0.05) is 32.0 Å². The van der Waals surface area contributed by atoms with Crippen LogP contribution >= 0.6 is 11.6 Å². The Kier molecular flexibility index (Phi) is 5.86. The quantitative estimate of drug-likeness (QED) is 0.449. The van der Waals surface area contributed by atoms with Crippen LogP contribution < -0.4 is 4.74 Å². The summed E-state index contributed by atoms with van der Waals surface area (Å²) in [6, 6.07) is 7.46. The van der Waals surface area contributed by atoms with Crippen LogP contribution in [0.3, 0.4) is 0 Å². The fourth-order valence-electron chi connectivity index (χ4n) is 1.60. The molecule has 18 heavy (non-hydrogen) atoms. The van der Waals surface area contributed by atoms with E-state index in [4.69, 9.17) is 16.3 Å². The van der Waals surface area contributed by atoms with Gasteiger partial charge in [0.2, 0.25) is 5.24 Å². The maximum Gasteiger partial charge on any atom is 0.311 e. The second kappa shape index (κ2) is 7.17. The number of hydrogen-bond acceptors (Lipinski definition) is 3. The lowest BCUT2D eigenvalue weighted by Crippen LogP contribution is -2.09. The van der Waals surface area contributed by atoms with E-state index in [9.17, 15) is 9.59 Å². The summed E-state index contributed by atoms with van der Waals surface area (Å²) in [6.07, 6.45) is 0.818. The number of esters is 1. The van der Waals surface area contributed by atoms with Crippen molar-refractivity contribution in [1.29, 1.82) is 0 Å². The van der Waals surface area contributed by atoms with E-state index in [0.29, 0.717) is 18.1 Å². The molecule has 0 saturated carbocycles. The molecule has 1 aromatic carbocycles. The Hall–Kier alpha value is -1.35. The molecule has 0 atom stereocenters. The zero-order valence-corrected chi connectivity index (χ0v) is 11.4. The normalized spacial score (nSPS) is 10.4. The summed E-state index contributed by atoms with van der Waals surface area (Å²) in [4.78, 5) is 22.1. The molecule has 0 aliphatic rings. The van der Waals surface area contributed by atoms with E-state index < -0.39 is 5.24 Å². The van der Waals surface area contributed by atoms with Crippen LogP contribution in [0.2, 0.25) is 0 Å². The van der Waals surface area contributed by atoms with Crippen LogP contribution in [0.1, 0.15) is 44.6 Å². The van der Waals surface area contributed by atoms with Crippen molar-refractivity contribution in [3.63, 3.8) is 0 Å². The second-order valence-corrected chi connectivity index (χ2v) is 4.80. The topological polar surface area (TPSA) is 43.4 Å². The van der Waals surface area contributed by atoms with Gasteiger partial charge in [0.1, 0.15) is 5.75 Å². The minimum atomic E-state index is -0.426. The predicted octanol–water partition coefficient (Wildman–Crippen LogP) is 3.65. The third kappa shape index (κ3) is 4.88. The summed E-state index contributed by atoms with van der Waals surface area (Å²) in [6.45, 7) is 4.08. The summed E-state index contributed by atoms with van der Waals surface area (Å²) in [5, 5.41) is -0.426. The van der Waals surface area contributed by atoms with Crippen LogP contribution in [0.15, 0.2) is 24.3 Å².